The van der Waals surface area contributed by atoms with Crippen molar-refractivity contribution in [2.24, 2.45) is 0 Å². The summed E-state index contributed by atoms with van der Waals surface area (Å²) in [4.78, 5) is 10.5. The third-order valence-electron chi connectivity index (χ3n) is 0.812. The van der Waals surface area contributed by atoms with Gasteiger partial charge in [0, 0.05) is 0 Å². The van der Waals surface area contributed by atoms with E-state index in [2.05, 4.69) is 15.2 Å². The molecule has 0 heterocycles. The number of methoxy groups -OCH3 is 1. The molecule has 11 heavy (non-hydrogen) atoms. The molecule has 0 N–H and O–H groups in total. The van der Waals surface area contributed by atoms with Crippen molar-refractivity contribution in [1.82, 2.24) is 0 Å². The van der Waals surface area contributed by atoms with Crippen molar-refractivity contribution < 1.29 is 18.6 Å². The monoisotopic (exact) mass is 175 g/mol. The maximum Gasteiger partial charge on any atom is 0.637 e. The molecule has 0 aliphatic rings. The quantitative estimate of drug-likeness (QED) is 0.482. The van der Waals surface area contributed by atoms with Gasteiger partial charge in [-0.05, 0) is 11.5 Å². The fraction of sp³-hybridized carbons (Fsp3) is 0.500. The Morgan fingerprint density at radius 1 is 1.73 bits per heavy atom. The topological polar surface area (TPSA) is 52.6 Å². The third kappa shape index (κ3) is 3.72. The average molecular weight is 175 g/mol. The highest BCUT2D eigenvalue weighted by molar-refractivity contribution is 7.58. The minimum absolute atomic E-state index is 0.641. The summed E-state index contributed by atoms with van der Waals surface area (Å²) in [6.45, 7) is 1.51. The predicted molar refractivity (Wildman–Crippen MR) is 39.4 cm³/mol. The van der Waals surface area contributed by atoms with Gasteiger partial charge in [-0.15, -0.1) is 10.9 Å². The summed E-state index contributed by atoms with van der Waals surface area (Å²) in [5.74, 6) is 2.16. The number of terminal acetylenes is 1. The minimum Gasteiger partial charge on any atom is -0.429 e. The van der Waals surface area contributed by atoms with Gasteiger partial charge in [0.15, 0.2) is 6.10 Å². The molecule has 5 heteroatoms. The van der Waals surface area contributed by atoms with Crippen LogP contribution in [-0.4, -0.2) is 18.9 Å². The van der Waals surface area contributed by atoms with Gasteiger partial charge in [0.1, 0.15) is 0 Å². The molecule has 60 valence electrons. The van der Waals surface area contributed by atoms with Crippen LogP contribution in [0.3, 0.4) is 0 Å². The molecule has 0 aliphatic heterocycles. The Morgan fingerprint density at radius 2 is 2.27 bits per heavy atom. The molecule has 0 saturated carbocycles. The standard InChI is InChI=1S/C6H8O4P/c1-4-5(2)10-11(8)6(7)9-3/h1,5H,2-3H3/q+1. The van der Waals surface area contributed by atoms with Crippen LogP contribution >= 0.6 is 8.03 Å². The van der Waals surface area contributed by atoms with Crippen molar-refractivity contribution in [1.29, 1.82) is 0 Å². The first kappa shape index (κ1) is 10.1. The number of ether oxygens (including phenoxy) is 1. The van der Waals surface area contributed by atoms with Gasteiger partial charge in [-0.2, -0.15) is 4.79 Å². The Kier molecular flexibility index (Phi) is 4.44. The average Bonchev–Trinajstić information content (AvgIpc) is 2.02. The van der Waals surface area contributed by atoms with E-state index in [1.54, 1.807) is 0 Å². The van der Waals surface area contributed by atoms with Gasteiger partial charge in [0.25, 0.3) is 0 Å². The Labute approximate surface area is 65.7 Å². The minimum atomic E-state index is -2.44. The number of hydrogen-bond donors (Lipinski definition) is 0. The van der Waals surface area contributed by atoms with Crippen LogP contribution in [0.25, 0.3) is 0 Å². The highest BCUT2D eigenvalue weighted by Crippen LogP contribution is 2.26. The highest BCUT2D eigenvalue weighted by Gasteiger charge is 2.34. The van der Waals surface area contributed by atoms with Crippen molar-refractivity contribution in [3.63, 3.8) is 0 Å². The number of rotatable bonds is 3. The zero-order chi connectivity index (χ0) is 8.85. The Bertz CT molecular complexity index is 205. The number of carbonyl (C=O) groups excluding carboxylic acids is 1. The first-order chi connectivity index (χ1) is 5.11. The van der Waals surface area contributed by atoms with E-state index in [4.69, 9.17) is 6.42 Å². The third-order valence-corrected chi connectivity index (χ3v) is 1.80. The van der Waals surface area contributed by atoms with Crippen molar-refractivity contribution in [3.05, 3.63) is 0 Å². The van der Waals surface area contributed by atoms with Crippen LogP contribution in [-0.2, 0) is 13.8 Å². The maximum atomic E-state index is 10.7. The summed E-state index contributed by atoms with van der Waals surface area (Å²) in [7, 11) is -1.32. The maximum absolute atomic E-state index is 10.7. The number of carbonyl (C=O) groups is 1. The molecule has 0 saturated heterocycles. The highest BCUT2D eigenvalue weighted by atomic mass is 31.1. The van der Waals surface area contributed by atoms with Crippen molar-refractivity contribution in [3.8, 4) is 12.3 Å². The van der Waals surface area contributed by atoms with Gasteiger partial charge in [0.05, 0.1) is 7.11 Å². The van der Waals surface area contributed by atoms with E-state index in [0.717, 1.165) is 7.11 Å². The second-order valence-corrected chi connectivity index (χ2v) is 2.73. The van der Waals surface area contributed by atoms with Gasteiger partial charge in [0.2, 0.25) is 0 Å². The summed E-state index contributed by atoms with van der Waals surface area (Å²) in [5.41, 5.74) is -0.901. The van der Waals surface area contributed by atoms with Crippen LogP contribution in [0.2, 0.25) is 0 Å². The molecule has 2 unspecified atom stereocenters. The van der Waals surface area contributed by atoms with Crippen LogP contribution in [0.5, 0.6) is 0 Å². The van der Waals surface area contributed by atoms with Crippen LogP contribution < -0.4 is 0 Å². The van der Waals surface area contributed by atoms with Gasteiger partial charge >= 0.3 is 13.7 Å². The number of hydrogen-bond acceptors (Lipinski definition) is 4. The van der Waals surface area contributed by atoms with Crippen LogP contribution in [0.1, 0.15) is 6.92 Å². The van der Waals surface area contributed by atoms with Gasteiger partial charge in [-0.3, -0.25) is 0 Å². The van der Waals surface area contributed by atoms with Crippen LogP contribution in [0, 0.1) is 12.3 Å². The lowest BCUT2D eigenvalue weighted by Gasteiger charge is -1.90. The van der Waals surface area contributed by atoms with Crippen LogP contribution in [0.15, 0.2) is 0 Å². The molecule has 2 atom stereocenters. The summed E-state index contributed by atoms with van der Waals surface area (Å²) in [5, 5.41) is 0. The molecule has 0 radical (unpaired) electrons. The molecule has 0 aromatic carbocycles. The van der Waals surface area contributed by atoms with E-state index in [0.29, 0.717) is 0 Å². The second kappa shape index (κ2) is 4.84. The molecule has 0 aromatic heterocycles. The second-order valence-electron chi connectivity index (χ2n) is 1.64. The summed E-state index contributed by atoms with van der Waals surface area (Å²) in [6.07, 6.45) is 4.27. The Balaban J connectivity index is 3.90. The first-order valence-electron chi connectivity index (χ1n) is 2.80. The van der Waals surface area contributed by atoms with Gasteiger partial charge < -0.3 is 4.74 Å². The van der Waals surface area contributed by atoms with E-state index in [9.17, 15) is 9.36 Å². The smallest absolute Gasteiger partial charge is 0.429 e. The molecular weight excluding hydrogens is 167 g/mol. The molecule has 0 amide bonds. The fourth-order valence-electron chi connectivity index (χ4n) is 0.292. The summed E-state index contributed by atoms with van der Waals surface area (Å²) >= 11 is 0. The molecule has 0 aromatic rings. The van der Waals surface area contributed by atoms with E-state index in [1.165, 1.54) is 6.92 Å². The van der Waals surface area contributed by atoms with Crippen molar-refractivity contribution in [2.45, 2.75) is 13.0 Å². The lowest BCUT2D eigenvalue weighted by molar-refractivity contribution is 0.189. The first-order valence-corrected chi connectivity index (χ1v) is 3.97. The molecule has 4 nitrogen and oxygen atoms in total. The van der Waals surface area contributed by atoms with E-state index in [1.807, 2.05) is 0 Å². The van der Waals surface area contributed by atoms with Gasteiger partial charge in [-0.25, -0.2) is 0 Å². The van der Waals surface area contributed by atoms with Crippen LogP contribution in [0.4, 0.5) is 4.79 Å². The largest absolute Gasteiger partial charge is 0.637 e. The summed E-state index contributed by atoms with van der Waals surface area (Å²) < 4.78 is 19.4. The zero-order valence-electron chi connectivity index (χ0n) is 6.23. The van der Waals surface area contributed by atoms with Gasteiger partial charge in [-0.1, -0.05) is 5.92 Å². The molecule has 0 fully saturated rings. The van der Waals surface area contributed by atoms with E-state index < -0.39 is 19.8 Å². The molecular formula is C6H8O4P+. The molecule has 0 aliphatic carbocycles. The molecule has 0 bridgehead atoms. The fourth-order valence-corrected chi connectivity index (χ4v) is 0.875. The van der Waals surface area contributed by atoms with Crippen molar-refractivity contribution >= 4 is 13.7 Å². The molecule has 0 spiro atoms. The lowest BCUT2D eigenvalue weighted by atomic mass is 10.4. The Hall–Kier alpha value is -0.910. The molecule has 0 rings (SSSR count). The van der Waals surface area contributed by atoms with Crippen molar-refractivity contribution in [2.75, 3.05) is 7.11 Å². The van der Waals surface area contributed by atoms with E-state index in [-0.39, 0.29) is 0 Å². The SMILES string of the molecule is C#CC(C)O[P+](=O)C(=O)OC. The lowest BCUT2D eigenvalue weighted by Crippen LogP contribution is -2.02. The normalized spacial score (nSPS) is 13.0. The predicted octanol–water partition coefficient (Wildman–Crippen LogP) is 1.53. The Morgan fingerprint density at radius 3 is 2.64 bits per heavy atom. The zero-order valence-corrected chi connectivity index (χ0v) is 7.13. The summed E-state index contributed by atoms with van der Waals surface area (Å²) in [6, 6.07) is 0. The van der Waals surface area contributed by atoms with E-state index >= 15 is 0 Å².